The minimum Gasteiger partial charge on any atom is -0.395 e. The maximum Gasteiger partial charge on any atom is 0.242 e. The summed E-state index contributed by atoms with van der Waals surface area (Å²) in [6.07, 6.45) is 0. The summed E-state index contributed by atoms with van der Waals surface area (Å²) in [5.41, 5.74) is 4.76. The van der Waals surface area contributed by atoms with Crippen molar-refractivity contribution < 1.29 is 21.2 Å². The number of hydrogen-bond acceptors (Lipinski definition) is 5. The molecular weight excluding hydrogens is 285 g/mol. The molecule has 0 saturated carbocycles. The number of para-hydroxylation sites is 1. The van der Waals surface area contributed by atoms with E-state index in [4.69, 9.17) is 10.9 Å². The molecule has 0 aliphatic heterocycles. The minimum atomic E-state index is -4.07. The summed E-state index contributed by atoms with van der Waals surface area (Å²) in [6.45, 7) is -0.420. The number of benzene rings is 1. The van der Waals surface area contributed by atoms with Crippen LogP contribution in [0.25, 0.3) is 0 Å². The molecule has 0 spiro atoms. The molecule has 0 aliphatic carbocycles. The van der Waals surface area contributed by atoms with Gasteiger partial charge in [-0.1, -0.05) is 6.07 Å². The zero-order chi connectivity index (χ0) is 14.0. The number of hydrogen-bond donors (Lipinski definition) is 3. The Morgan fingerprint density at radius 2 is 1.83 bits per heavy atom. The Morgan fingerprint density at radius 3 is 2.39 bits per heavy atom. The van der Waals surface area contributed by atoms with Crippen LogP contribution >= 0.6 is 0 Å². The van der Waals surface area contributed by atoms with Crippen molar-refractivity contribution in [1.29, 1.82) is 0 Å². The second-order valence-electron chi connectivity index (χ2n) is 3.42. The molecule has 0 heterocycles. The van der Waals surface area contributed by atoms with Gasteiger partial charge in [-0.3, -0.25) is 0 Å². The summed E-state index contributed by atoms with van der Waals surface area (Å²) in [5.74, 6) is -1.44. The van der Waals surface area contributed by atoms with Gasteiger partial charge in [0.05, 0.1) is 11.4 Å². The van der Waals surface area contributed by atoms with Crippen LogP contribution in [0.5, 0.6) is 0 Å². The third-order valence-electron chi connectivity index (χ3n) is 1.98. The van der Waals surface area contributed by atoms with Gasteiger partial charge in [-0.25, -0.2) is 31.1 Å². The van der Waals surface area contributed by atoms with E-state index in [0.29, 0.717) is 0 Å². The first kappa shape index (κ1) is 14.8. The van der Waals surface area contributed by atoms with Gasteiger partial charge in [-0.15, -0.1) is 0 Å². The van der Waals surface area contributed by atoms with Gasteiger partial charge in [0.2, 0.25) is 20.0 Å². The second-order valence-corrected chi connectivity index (χ2v) is 6.89. The van der Waals surface area contributed by atoms with Crippen LogP contribution < -0.4 is 15.6 Å². The number of anilines is 1. The molecular formula is C8H12FN3O4S2. The smallest absolute Gasteiger partial charge is 0.242 e. The standard InChI is InChI=1S/C8H12FN3O4S2/c9-6-2-1-3-7(8(6)10)18(15,16)12-4-5-17(11,13)14/h1-3,12H,4-5,10H2,(H2,11,13,14). The van der Waals surface area contributed by atoms with E-state index in [1.807, 2.05) is 4.72 Å². The molecule has 10 heteroatoms. The molecule has 0 unspecified atom stereocenters. The lowest BCUT2D eigenvalue weighted by Crippen LogP contribution is -2.32. The van der Waals surface area contributed by atoms with E-state index in [9.17, 15) is 21.2 Å². The molecule has 1 aromatic carbocycles. The molecule has 0 atom stereocenters. The van der Waals surface area contributed by atoms with Crippen molar-refractivity contribution in [2.45, 2.75) is 4.90 Å². The normalized spacial score (nSPS) is 12.6. The zero-order valence-corrected chi connectivity index (χ0v) is 10.8. The van der Waals surface area contributed by atoms with Crippen molar-refractivity contribution >= 4 is 25.7 Å². The van der Waals surface area contributed by atoms with Gasteiger partial charge in [0.15, 0.2) is 0 Å². The average molecular weight is 297 g/mol. The first-order valence-corrected chi connectivity index (χ1v) is 7.87. The molecule has 18 heavy (non-hydrogen) atoms. The number of halogens is 1. The lowest BCUT2D eigenvalue weighted by atomic mass is 10.3. The summed E-state index contributed by atoms with van der Waals surface area (Å²) >= 11 is 0. The van der Waals surface area contributed by atoms with E-state index in [0.717, 1.165) is 12.1 Å². The van der Waals surface area contributed by atoms with Gasteiger partial charge in [0.25, 0.3) is 0 Å². The molecule has 0 radical (unpaired) electrons. The van der Waals surface area contributed by atoms with E-state index in [-0.39, 0.29) is 0 Å². The third-order valence-corrected chi connectivity index (χ3v) is 4.27. The molecule has 5 N–H and O–H groups in total. The monoisotopic (exact) mass is 297 g/mol. The van der Waals surface area contributed by atoms with Crippen molar-refractivity contribution in [3.05, 3.63) is 24.0 Å². The van der Waals surface area contributed by atoms with Crippen LogP contribution in [0.3, 0.4) is 0 Å². The van der Waals surface area contributed by atoms with E-state index in [1.165, 1.54) is 6.07 Å². The zero-order valence-electron chi connectivity index (χ0n) is 9.13. The molecule has 1 aromatic rings. The topological polar surface area (TPSA) is 132 Å². The molecule has 0 saturated heterocycles. The fourth-order valence-electron chi connectivity index (χ4n) is 1.15. The third kappa shape index (κ3) is 3.91. The number of rotatable bonds is 5. The van der Waals surface area contributed by atoms with Crippen LogP contribution in [0.1, 0.15) is 0 Å². The van der Waals surface area contributed by atoms with Crippen molar-refractivity contribution in [3.8, 4) is 0 Å². The van der Waals surface area contributed by atoms with Crippen molar-refractivity contribution in [2.75, 3.05) is 18.0 Å². The fourth-order valence-corrected chi connectivity index (χ4v) is 2.83. The van der Waals surface area contributed by atoms with Crippen LogP contribution in [-0.2, 0) is 20.0 Å². The van der Waals surface area contributed by atoms with Crippen molar-refractivity contribution in [3.63, 3.8) is 0 Å². The Balaban J connectivity index is 2.91. The molecule has 0 amide bonds. The molecule has 0 bridgehead atoms. The van der Waals surface area contributed by atoms with Crippen LogP contribution in [0, 0.1) is 5.82 Å². The Kier molecular flexibility index (Phi) is 4.27. The number of nitrogens with one attached hydrogen (secondary N) is 1. The highest BCUT2D eigenvalue weighted by atomic mass is 32.2. The van der Waals surface area contributed by atoms with Crippen LogP contribution in [0.15, 0.2) is 23.1 Å². The Bertz CT molecular complexity index is 642. The maximum atomic E-state index is 13.1. The van der Waals surface area contributed by atoms with Crippen LogP contribution in [0.4, 0.5) is 10.1 Å². The number of sulfonamides is 2. The van der Waals surface area contributed by atoms with Gasteiger partial charge >= 0.3 is 0 Å². The van der Waals surface area contributed by atoms with Crippen LogP contribution in [0.2, 0.25) is 0 Å². The van der Waals surface area contributed by atoms with Crippen molar-refractivity contribution in [2.24, 2.45) is 5.14 Å². The molecule has 7 nitrogen and oxygen atoms in total. The highest BCUT2D eigenvalue weighted by molar-refractivity contribution is 7.90. The predicted octanol–water partition coefficient (Wildman–Crippen LogP) is -1.03. The fraction of sp³-hybridized carbons (Fsp3) is 0.250. The Hall–Kier alpha value is -1.23. The highest BCUT2D eigenvalue weighted by Crippen LogP contribution is 2.20. The molecule has 0 aromatic heterocycles. The summed E-state index contributed by atoms with van der Waals surface area (Å²) in [5, 5.41) is 4.71. The molecule has 0 fully saturated rings. The second kappa shape index (κ2) is 5.18. The van der Waals surface area contributed by atoms with E-state index < -0.39 is 48.7 Å². The van der Waals surface area contributed by atoms with Crippen LogP contribution in [-0.4, -0.2) is 29.1 Å². The number of nitrogens with two attached hydrogens (primary N) is 2. The van der Waals surface area contributed by atoms with Gasteiger partial charge in [-0.05, 0) is 12.1 Å². The lowest BCUT2D eigenvalue weighted by Gasteiger charge is -2.08. The number of nitrogen functional groups attached to an aromatic ring is 1. The first-order valence-electron chi connectivity index (χ1n) is 4.67. The van der Waals surface area contributed by atoms with Crippen molar-refractivity contribution in [1.82, 2.24) is 4.72 Å². The quantitative estimate of drug-likeness (QED) is 0.598. The SMILES string of the molecule is Nc1c(F)cccc1S(=O)(=O)NCCS(N)(=O)=O. The Labute approximate surface area is 104 Å². The largest absolute Gasteiger partial charge is 0.395 e. The van der Waals surface area contributed by atoms with E-state index in [2.05, 4.69) is 0 Å². The van der Waals surface area contributed by atoms with Gasteiger partial charge < -0.3 is 5.73 Å². The summed E-state index contributed by atoms with van der Waals surface area (Å²) in [4.78, 5) is -0.447. The van der Waals surface area contributed by atoms with Gasteiger partial charge in [-0.2, -0.15) is 0 Å². The lowest BCUT2D eigenvalue weighted by molar-refractivity contribution is 0.579. The molecule has 102 valence electrons. The van der Waals surface area contributed by atoms with E-state index in [1.54, 1.807) is 0 Å². The van der Waals surface area contributed by atoms with E-state index >= 15 is 0 Å². The average Bonchev–Trinajstić information content (AvgIpc) is 2.19. The first-order chi connectivity index (χ1) is 8.13. The predicted molar refractivity (Wildman–Crippen MR) is 64.0 cm³/mol. The molecule has 1 rings (SSSR count). The Morgan fingerprint density at radius 1 is 1.22 bits per heavy atom. The maximum absolute atomic E-state index is 13.1. The number of primary sulfonamides is 1. The minimum absolute atomic E-state index is 0.420. The summed E-state index contributed by atoms with van der Waals surface area (Å²) < 4.78 is 59.7. The summed E-state index contributed by atoms with van der Waals surface area (Å²) in [7, 11) is -7.85. The molecule has 0 aliphatic rings. The van der Waals surface area contributed by atoms with Gasteiger partial charge in [0, 0.05) is 6.54 Å². The highest BCUT2D eigenvalue weighted by Gasteiger charge is 2.19. The van der Waals surface area contributed by atoms with Gasteiger partial charge in [0.1, 0.15) is 10.7 Å². The summed E-state index contributed by atoms with van der Waals surface area (Å²) in [6, 6.07) is 3.30.